The Labute approximate surface area is 115 Å². The fourth-order valence-electron chi connectivity index (χ4n) is 3.25. The van der Waals surface area contributed by atoms with Crippen molar-refractivity contribution in [1.82, 2.24) is 0 Å². The topological polar surface area (TPSA) is 0 Å². The molecule has 0 fully saturated rings. The molecule has 0 amide bonds. The van der Waals surface area contributed by atoms with Gasteiger partial charge in [-0.05, 0) is 44.3 Å². The van der Waals surface area contributed by atoms with E-state index >= 15 is 0 Å². The maximum atomic E-state index is 3.78. The van der Waals surface area contributed by atoms with Gasteiger partial charge in [-0.25, -0.2) is 0 Å². The van der Waals surface area contributed by atoms with Gasteiger partial charge in [-0.15, -0.1) is 0 Å². The number of benzene rings is 4. The highest BCUT2D eigenvalue weighted by Crippen LogP contribution is 2.35. The van der Waals surface area contributed by atoms with Crippen molar-refractivity contribution in [1.29, 1.82) is 0 Å². The predicted molar refractivity (Wildman–Crippen MR) is 84.9 cm³/mol. The summed E-state index contributed by atoms with van der Waals surface area (Å²) in [5, 5.41) is 9.40. The van der Waals surface area contributed by atoms with Gasteiger partial charge in [0.05, 0.1) is 10.2 Å². The van der Waals surface area contributed by atoms with E-state index in [4.69, 9.17) is 0 Å². The number of hydrogen-bond acceptors (Lipinski definition) is 0. The minimum absolute atomic E-state index is 1.05. The van der Waals surface area contributed by atoms with Gasteiger partial charge >= 0.3 is 0 Å². The third-order valence-corrected chi connectivity index (χ3v) is 4.56. The maximum absolute atomic E-state index is 3.78. The molecule has 0 N–H and O–H groups in total. The SMILES string of the molecule is CCc1c([Si])cc2ccc3cccc4ccc1c2c34. The lowest BCUT2D eigenvalue weighted by molar-refractivity contribution is 1.17. The Hall–Kier alpha value is -1.86. The average Bonchev–Trinajstić information content (AvgIpc) is 2.44. The van der Waals surface area contributed by atoms with Gasteiger partial charge in [0.2, 0.25) is 0 Å². The Bertz CT molecular complexity index is 890. The largest absolute Gasteiger partial charge is 0.0716 e. The average molecular weight is 257 g/mol. The van der Waals surface area contributed by atoms with Gasteiger partial charge in [0, 0.05) is 0 Å². The summed E-state index contributed by atoms with van der Waals surface area (Å²) in [6.45, 7) is 2.22. The lowest BCUT2D eigenvalue weighted by Gasteiger charge is -2.15. The highest BCUT2D eigenvalue weighted by atomic mass is 28.1. The molecule has 0 heterocycles. The summed E-state index contributed by atoms with van der Waals surface area (Å²) in [6, 6.07) is 17.8. The first kappa shape index (κ1) is 11.0. The van der Waals surface area contributed by atoms with Gasteiger partial charge in [0.1, 0.15) is 0 Å². The Morgan fingerprint density at radius 2 is 1.53 bits per heavy atom. The van der Waals surface area contributed by atoms with Crippen molar-refractivity contribution in [2.75, 3.05) is 0 Å². The molecule has 4 aromatic carbocycles. The van der Waals surface area contributed by atoms with Crippen LogP contribution in [0.25, 0.3) is 32.3 Å². The highest BCUT2D eigenvalue weighted by molar-refractivity contribution is 6.37. The first-order chi connectivity index (χ1) is 9.29. The van der Waals surface area contributed by atoms with Crippen LogP contribution in [0.3, 0.4) is 0 Å². The summed E-state index contributed by atoms with van der Waals surface area (Å²) in [5.74, 6) is 0. The van der Waals surface area contributed by atoms with Crippen LogP contribution in [0.5, 0.6) is 0 Å². The van der Waals surface area contributed by atoms with E-state index in [0.29, 0.717) is 0 Å². The van der Waals surface area contributed by atoms with E-state index in [2.05, 4.69) is 65.7 Å². The van der Waals surface area contributed by atoms with Crippen LogP contribution in [-0.4, -0.2) is 10.2 Å². The lowest BCUT2D eigenvalue weighted by Crippen LogP contribution is -2.10. The number of rotatable bonds is 1. The van der Waals surface area contributed by atoms with Gasteiger partial charge in [-0.3, -0.25) is 0 Å². The highest BCUT2D eigenvalue weighted by Gasteiger charge is 2.11. The van der Waals surface area contributed by atoms with Crippen molar-refractivity contribution in [3.63, 3.8) is 0 Å². The van der Waals surface area contributed by atoms with Crippen molar-refractivity contribution in [2.24, 2.45) is 0 Å². The third-order valence-electron chi connectivity index (χ3n) is 4.11. The van der Waals surface area contributed by atoms with Crippen molar-refractivity contribution in [3.8, 4) is 0 Å². The summed E-state index contributed by atoms with van der Waals surface area (Å²) in [4.78, 5) is 0. The van der Waals surface area contributed by atoms with Crippen LogP contribution in [0.15, 0.2) is 48.5 Å². The Morgan fingerprint density at radius 3 is 2.26 bits per heavy atom. The zero-order valence-corrected chi connectivity index (χ0v) is 11.8. The molecule has 0 saturated carbocycles. The summed E-state index contributed by atoms with van der Waals surface area (Å²) in [7, 11) is 3.78. The molecule has 0 nitrogen and oxygen atoms in total. The molecule has 0 bridgehead atoms. The molecule has 89 valence electrons. The molecule has 0 spiro atoms. The van der Waals surface area contributed by atoms with Crippen molar-refractivity contribution in [2.45, 2.75) is 13.3 Å². The fraction of sp³-hybridized carbons (Fsp3) is 0.111. The predicted octanol–water partition coefficient (Wildman–Crippen LogP) is 3.94. The molecular weight excluding hydrogens is 244 g/mol. The maximum Gasteiger partial charge on any atom is 0.0716 e. The van der Waals surface area contributed by atoms with Gasteiger partial charge in [-0.1, -0.05) is 60.6 Å². The molecule has 19 heavy (non-hydrogen) atoms. The molecule has 0 atom stereocenters. The van der Waals surface area contributed by atoms with Crippen LogP contribution in [0.4, 0.5) is 0 Å². The minimum Gasteiger partial charge on any atom is -0.0630 e. The van der Waals surface area contributed by atoms with Crippen LogP contribution >= 0.6 is 0 Å². The lowest BCUT2D eigenvalue weighted by atomic mass is 9.91. The Kier molecular flexibility index (Phi) is 2.21. The Balaban J connectivity index is 2.39. The second-order valence-corrected chi connectivity index (χ2v) is 5.65. The van der Waals surface area contributed by atoms with Crippen LogP contribution in [0.1, 0.15) is 12.5 Å². The zero-order chi connectivity index (χ0) is 13.0. The van der Waals surface area contributed by atoms with Gasteiger partial charge in [0.25, 0.3) is 0 Å². The second-order valence-electron chi connectivity index (χ2n) is 5.11. The fourth-order valence-corrected chi connectivity index (χ4v) is 3.72. The molecule has 4 rings (SSSR count). The molecule has 1 heteroatoms. The van der Waals surface area contributed by atoms with Crippen LogP contribution in [0, 0.1) is 0 Å². The Morgan fingerprint density at radius 1 is 0.842 bits per heavy atom. The standard InChI is InChI=1S/C18H13Si/c1-2-14-15-9-8-12-5-3-4-11-6-7-13(10-16(14)19)18(15)17(11)12/h3-10H,2H2,1H3. The normalized spacial score (nSPS) is 11.9. The zero-order valence-electron chi connectivity index (χ0n) is 10.8. The molecule has 0 aromatic heterocycles. The molecule has 0 saturated heterocycles. The summed E-state index contributed by atoms with van der Waals surface area (Å²) >= 11 is 0. The van der Waals surface area contributed by atoms with Crippen molar-refractivity contribution >= 4 is 47.7 Å². The first-order valence-corrected chi connectivity index (χ1v) is 7.20. The summed E-state index contributed by atoms with van der Waals surface area (Å²) in [5.41, 5.74) is 1.41. The van der Waals surface area contributed by atoms with Gasteiger partial charge < -0.3 is 0 Å². The van der Waals surface area contributed by atoms with Crippen LogP contribution in [-0.2, 0) is 6.42 Å². The quantitative estimate of drug-likeness (QED) is 0.358. The molecule has 0 aliphatic carbocycles. The molecule has 3 radical (unpaired) electrons. The molecule has 4 aromatic rings. The first-order valence-electron chi connectivity index (χ1n) is 6.70. The monoisotopic (exact) mass is 257 g/mol. The van der Waals surface area contributed by atoms with Gasteiger partial charge in [-0.2, -0.15) is 0 Å². The minimum atomic E-state index is 1.05. The van der Waals surface area contributed by atoms with E-state index in [1.165, 1.54) is 43.1 Å². The summed E-state index contributed by atoms with van der Waals surface area (Å²) < 4.78 is 0. The number of aryl methyl sites for hydroxylation is 1. The van der Waals surface area contributed by atoms with Crippen molar-refractivity contribution < 1.29 is 0 Å². The van der Waals surface area contributed by atoms with Crippen LogP contribution in [0.2, 0.25) is 0 Å². The van der Waals surface area contributed by atoms with E-state index in [1.54, 1.807) is 0 Å². The molecular formula is C18H13Si. The van der Waals surface area contributed by atoms with Crippen LogP contribution < -0.4 is 5.19 Å². The molecule has 0 aliphatic rings. The van der Waals surface area contributed by atoms with E-state index < -0.39 is 0 Å². The molecule has 0 aliphatic heterocycles. The van der Waals surface area contributed by atoms with E-state index in [-0.39, 0.29) is 0 Å². The summed E-state index contributed by atoms with van der Waals surface area (Å²) in [6.07, 6.45) is 1.05. The van der Waals surface area contributed by atoms with Gasteiger partial charge in [0.15, 0.2) is 0 Å². The smallest absolute Gasteiger partial charge is 0.0630 e. The van der Waals surface area contributed by atoms with Crippen molar-refractivity contribution in [3.05, 3.63) is 54.1 Å². The second kappa shape index (κ2) is 3.81. The van der Waals surface area contributed by atoms with E-state index in [1.807, 2.05) is 0 Å². The molecule has 0 unspecified atom stereocenters. The third kappa shape index (κ3) is 1.39. The van der Waals surface area contributed by atoms with E-state index in [9.17, 15) is 0 Å². The number of hydrogen-bond donors (Lipinski definition) is 0. The van der Waals surface area contributed by atoms with E-state index in [0.717, 1.165) is 6.42 Å².